The number of carbonyl (C=O) groups is 2. The van der Waals surface area contributed by atoms with E-state index in [1.807, 2.05) is 35.7 Å². The molecule has 0 spiro atoms. The van der Waals surface area contributed by atoms with Gasteiger partial charge in [0.15, 0.2) is 0 Å². The van der Waals surface area contributed by atoms with Gasteiger partial charge >= 0.3 is 0 Å². The Hall–Kier alpha value is -2.48. The molecule has 1 aromatic heterocycles. The zero-order chi connectivity index (χ0) is 19.9. The second-order valence-corrected chi connectivity index (χ2v) is 8.05. The first-order valence-electron chi connectivity index (χ1n) is 8.26. The number of thioether (sulfide) groups is 1. The van der Waals surface area contributed by atoms with Crippen LogP contribution < -0.4 is 15.4 Å². The van der Waals surface area contributed by atoms with Gasteiger partial charge in [-0.3, -0.25) is 9.59 Å². The molecule has 0 aliphatic carbocycles. The molecular formula is C20H17ClN2O3S2. The third kappa shape index (κ3) is 5.51. The van der Waals surface area contributed by atoms with Crippen molar-refractivity contribution < 1.29 is 14.3 Å². The second kappa shape index (κ2) is 9.64. The van der Waals surface area contributed by atoms with E-state index < -0.39 is 0 Å². The number of hydrogen-bond acceptors (Lipinski definition) is 5. The molecular weight excluding hydrogens is 416 g/mol. The maximum absolute atomic E-state index is 12.2. The highest BCUT2D eigenvalue weighted by Gasteiger charge is 2.09. The normalized spacial score (nSPS) is 10.4. The fourth-order valence-corrected chi connectivity index (χ4v) is 3.99. The van der Waals surface area contributed by atoms with Crippen molar-refractivity contribution in [1.29, 1.82) is 0 Å². The minimum absolute atomic E-state index is 0.147. The summed E-state index contributed by atoms with van der Waals surface area (Å²) in [6.45, 7) is 0. The minimum Gasteiger partial charge on any atom is -0.495 e. The summed E-state index contributed by atoms with van der Waals surface area (Å²) in [5.41, 5.74) is 1.29. The molecule has 0 aliphatic rings. The molecule has 3 rings (SSSR count). The Balaban J connectivity index is 1.55. The molecule has 0 saturated carbocycles. The van der Waals surface area contributed by atoms with Gasteiger partial charge in [0.2, 0.25) is 5.91 Å². The molecule has 144 valence electrons. The zero-order valence-corrected chi connectivity index (χ0v) is 17.3. The minimum atomic E-state index is -0.153. The van der Waals surface area contributed by atoms with E-state index >= 15 is 0 Å². The van der Waals surface area contributed by atoms with Gasteiger partial charge in [0, 0.05) is 16.3 Å². The standard InChI is InChI=1S/C20H17ClN2O3S2/c1-26-17-8-7-14(11-16(17)21)22-19(24)12-28-15-5-2-4-13(10-15)23-20(25)18-6-3-9-27-18/h2-11H,12H2,1H3,(H,22,24)(H,23,25). The van der Waals surface area contributed by atoms with Crippen molar-refractivity contribution in [3.63, 3.8) is 0 Å². The van der Waals surface area contributed by atoms with E-state index in [2.05, 4.69) is 10.6 Å². The molecule has 0 radical (unpaired) electrons. The van der Waals surface area contributed by atoms with Crippen molar-refractivity contribution in [2.45, 2.75) is 4.90 Å². The van der Waals surface area contributed by atoms with Crippen LogP contribution in [0.5, 0.6) is 5.75 Å². The number of halogens is 1. The van der Waals surface area contributed by atoms with E-state index in [4.69, 9.17) is 16.3 Å². The summed E-state index contributed by atoms with van der Waals surface area (Å²) in [5, 5.41) is 7.95. The lowest BCUT2D eigenvalue weighted by molar-refractivity contribution is -0.113. The molecule has 0 aliphatic heterocycles. The van der Waals surface area contributed by atoms with Crippen molar-refractivity contribution >= 4 is 57.9 Å². The van der Waals surface area contributed by atoms with Crippen molar-refractivity contribution in [1.82, 2.24) is 0 Å². The van der Waals surface area contributed by atoms with Crippen LogP contribution in [0.3, 0.4) is 0 Å². The molecule has 2 amide bonds. The number of ether oxygens (including phenoxy) is 1. The molecule has 0 bridgehead atoms. The smallest absolute Gasteiger partial charge is 0.265 e. The highest BCUT2D eigenvalue weighted by molar-refractivity contribution is 8.00. The Labute approximate surface area is 176 Å². The number of carbonyl (C=O) groups excluding carboxylic acids is 2. The SMILES string of the molecule is COc1ccc(NC(=O)CSc2cccc(NC(=O)c3cccs3)c2)cc1Cl. The zero-order valence-electron chi connectivity index (χ0n) is 14.9. The van der Waals surface area contributed by atoms with Crippen molar-refractivity contribution in [3.05, 3.63) is 69.9 Å². The van der Waals surface area contributed by atoms with Crippen LogP contribution in [0.15, 0.2) is 64.9 Å². The largest absolute Gasteiger partial charge is 0.495 e. The van der Waals surface area contributed by atoms with E-state index in [0.717, 1.165) is 4.90 Å². The number of amides is 2. The predicted octanol–water partition coefficient (Wildman–Crippen LogP) is 5.39. The average molecular weight is 433 g/mol. The van der Waals surface area contributed by atoms with Gasteiger partial charge in [-0.2, -0.15) is 0 Å². The summed E-state index contributed by atoms with van der Waals surface area (Å²) >= 11 is 8.83. The van der Waals surface area contributed by atoms with Crippen molar-refractivity contribution in [3.8, 4) is 5.75 Å². The first kappa shape index (κ1) is 20.3. The van der Waals surface area contributed by atoms with E-state index in [9.17, 15) is 9.59 Å². The van der Waals surface area contributed by atoms with Gasteiger partial charge in [-0.05, 0) is 47.8 Å². The lowest BCUT2D eigenvalue weighted by Gasteiger charge is -2.09. The fraction of sp³-hybridized carbons (Fsp3) is 0.100. The van der Waals surface area contributed by atoms with Gasteiger partial charge in [-0.15, -0.1) is 23.1 Å². The van der Waals surface area contributed by atoms with Crippen LogP contribution in [-0.2, 0) is 4.79 Å². The molecule has 0 atom stereocenters. The molecule has 8 heteroatoms. The molecule has 2 N–H and O–H groups in total. The van der Waals surface area contributed by atoms with E-state index in [1.54, 1.807) is 24.3 Å². The van der Waals surface area contributed by atoms with Crippen LogP contribution in [0.1, 0.15) is 9.67 Å². The first-order valence-corrected chi connectivity index (χ1v) is 10.5. The molecule has 2 aromatic carbocycles. The Kier molecular flexibility index (Phi) is 6.97. The summed E-state index contributed by atoms with van der Waals surface area (Å²) in [5.74, 6) is 0.479. The molecule has 1 heterocycles. The van der Waals surface area contributed by atoms with Crippen molar-refractivity contribution in [2.75, 3.05) is 23.5 Å². The van der Waals surface area contributed by atoms with Crippen molar-refractivity contribution in [2.24, 2.45) is 0 Å². The van der Waals surface area contributed by atoms with E-state index in [1.165, 1.54) is 30.2 Å². The number of methoxy groups -OCH3 is 1. The maximum atomic E-state index is 12.2. The average Bonchev–Trinajstić information content (AvgIpc) is 3.22. The summed E-state index contributed by atoms with van der Waals surface area (Å²) < 4.78 is 5.09. The number of benzene rings is 2. The first-order chi connectivity index (χ1) is 13.5. The van der Waals surface area contributed by atoms with Gasteiger partial charge in [0.1, 0.15) is 5.75 Å². The Morgan fingerprint density at radius 2 is 1.89 bits per heavy atom. The predicted molar refractivity (Wildman–Crippen MR) is 116 cm³/mol. The van der Waals surface area contributed by atoms with Gasteiger partial charge in [0.05, 0.1) is 22.8 Å². The number of anilines is 2. The molecule has 0 unspecified atom stereocenters. The van der Waals surface area contributed by atoms with Crippen LogP contribution in [-0.4, -0.2) is 24.7 Å². The topological polar surface area (TPSA) is 67.4 Å². The van der Waals surface area contributed by atoms with Gasteiger partial charge in [-0.25, -0.2) is 0 Å². The Morgan fingerprint density at radius 3 is 2.61 bits per heavy atom. The molecule has 5 nitrogen and oxygen atoms in total. The van der Waals surface area contributed by atoms with E-state index in [-0.39, 0.29) is 17.6 Å². The quantitative estimate of drug-likeness (QED) is 0.491. The third-order valence-electron chi connectivity index (χ3n) is 3.64. The molecule has 3 aromatic rings. The maximum Gasteiger partial charge on any atom is 0.265 e. The summed E-state index contributed by atoms with van der Waals surface area (Å²) in [6, 6.07) is 16.1. The molecule has 0 saturated heterocycles. The highest BCUT2D eigenvalue weighted by atomic mass is 35.5. The Morgan fingerprint density at radius 1 is 1.07 bits per heavy atom. The molecule has 28 heavy (non-hydrogen) atoms. The van der Waals surface area contributed by atoms with Crippen LogP contribution in [0, 0.1) is 0 Å². The van der Waals surface area contributed by atoms with Crippen LogP contribution in [0.4, 0.5) is 11.4 Å². The number of hydrogen-bond donors (Lipinski definition) is 2. The monoisotopic (exact) mass is 432 g/mol. The van der Waals surface area contributed by atoms with Crippen LogP contribution in [0.2, 0.25) is 5.02 Å². The van der Waals surface area contributed by atoms with Gasteiger partial charge in [-0.1, -0.05) is 23.7 Å². The number of thiophene rings is 1. The van der Waals surface area contributed by atoms with Crippen LogP contribution >= 0.6 is 34.7 Å². The Bertz CT molecular complexity index is 977. The number of rotatable bonds is 7. The second-order valence-electron chi connectivity index (χ2n) is 5.65. The summed E-state index contributed by atoms with van der Waals surface area (Å²) in [4.78, 5) is 25.9. The third-order valence-corrected chi connectivity index (χ3v) is 5.80. The highest BCUT2D eigenvalue weighted by Crippen LogP contribution is 2.28. The lowest BCUT2D eigenvalue weighted by atomic mass is 10.3. The lowest BCUT2D eigenvalue weighted by Crippen LogP contribution is -2.14. The van der Waals surface area contributed by atoms with E-state index in [0.29, 0.717) is 27.0 Å². The molecule has 0 fully saturated rings. The summed E-state index contributed by atoms with van der Waals surface area (Å²) in [7, 11) is 1.53. The van der Waals surface area contributed by atoms with Gasteiger partial charge in [0.25, 0.3) is 5.91 Å². The number of nitrogens with one attached hydrogen (secondary N) is 2. The van der Waals surface area contributed by atoms with Crippen LogP contribution in [0.25, 0.3) is 0 Å². The summed E-state index contributed by atoms with van der Waals surface area (Å²) in [6.07, 6.45) is 0. The fourth-order valence-electron chi connectivity index (χ4n) is 2.35. The van der Waals surface area contributed by atoms with Gasteiger partial charge < -0.3 is 15.4 Å².